The van der Waals surface area contributed by atoms with E-state index >= 15 is 0 Å². The third-order valence-electron chi connectivity index (χ3n) is 5.15. The second kappa shape index (κ2) is 6.93. The second-order valence-electron chi connectivity index (χ2n) is 7.99. The number of nitrogens with zero attached hydrogens (tertiary/aromatic N) is 1. The van der Waals surface area contributed by atoms with Gasteiger partial charge in [0.1, 0.15) is 12.0 Å². The van der Waals surface area contributed by atoms with Crippen LogP contribution in [-0.2, 0) is 11.0 Å². The van der Waals surface area contributed by atoms with Crippen molar-refractivity contribution in [3.8, 4) is 5.75 Å². The van der Waals surface area contributed by atoms with Crippen LogP contribution in [0.15, 0.2) is 24.3 Å². The van der Waals surface area contributed by atoms with Crippen LogP contribution in [0.25, 0.3) is 0 Å². The molecule has 1 N–H and O–H groups in total. The monoisotopic (exact) mass is 337 g/mol. The van der Waals surface area contributed by atoms with Crippen LogP contribution in [-0.4, -0.2) is 44.3 Å². The Kier molecular flexibility index (Phi) is 5.56. The molecule has 4 nitrogen and oxygen atoms in total. The van der Waals surface area contributed by atoms with Crippen LogP contribution in [0.4, 0.5) is 0 Å². The van der Waals surface area contributed by atoms with Gasteiger partial charge in [-0.15, -0.1) is 0 Å². The van der Waals surface area contributed by atoms with Gasteiger partial charge in [0, 0.05) is 19.5 Å². The van der Waals surface area contributed by atoms with Gasteiger partial charge in [-0.05, 0) is 35.8 Å². The molecular weight excluding hydrogens is 306 g/mol. The van der Waals surface area contributed by atoms with Crippen molar-refractivity contribution in [2.75, 3.05) is 13.7 Å². The number of benzene rings is 1. The van der Waals surface area contributed by atoms with Crippen molar-refractivity contribution in [2.24, 2.45) is 0 Å². The molecule has 0 spiro atoms. The first-order valence-corrected chi connectivity index (χ1v) is 11.3. The van der Waals surface area contributed by atoms with Crippen molar-refractivity contribution in [1.29, 1.82) is 0 Å². The molecule has 0 saturated carbocycles. The zero-order valence-corrected chi connectivity index (χ0v) is 16.3. The summed E-state index contributed by atoms with van der Waals surface area (Å²) in [7, 11) is -0.119. The van der Waals surface area contributed by atoms with Gasteiger partial charge >= 0.3 is 0 Å². The molecule has 1 heterocycles. The first-order valence-electron chi connectivity index (χ1n) is 8.35. The molecule has 1 aromatic rings. The quantitative estimate of drug-likeness (QED) is 0.834. The lowest BCUT2D eigenvalue weighted by atomic mass is 10.2. The Bertz CT molecular complexity index is 510. The average Bonchev–Trinajstić information content (AvgIpc) is 2.77. The van der Waals surface area contributed by atoms with E-state index in [9.17, 15) is 5.11 Å². The van der Waals surface area contributed by atoms with Crippen LogP contribution >= 0.6 is 0 Å². The molecule has 1 fully saturated rings. The number of aliphatic hydroxyl groups is 1. The standard InChI is InChI=1S/C18H31NO3Si/c1-18(2,3)23(5,6)22-16-11-17(20)19(13-16)12-14-7-9-15(21-4)10-8-14/h7-10,16-17,20H,11-13H2,1-6H3/t16-,17-/m1/s1. The number of ether oxygens (including phenoxy) is 1. The van der Waals surface area contributed by atoms with E-state index < -0.39 is 14.5 Å². The average molecular weight is 338 g/mol. The molecule has 1 aliphatic heterocycles. The molecule has 1 aromatic carbocycles. The third kappa shape index (κ3) is 4.56. The molecule has 0 amide bonds. The summed E-state index contributed by atoms with van der Waals surface area (Å²) in [6, 6.07) is 8.02. The molecular formula is C18H31NO3Si. The minimum absolute atomic E-state index is 0.129. The predicted octanol–water partition coefficient (Wildman–Crippen LogP) is 3.61. The van der Waals surface area contributed by atoms with Gasteiger partial charge < -0.3 is 14.3 Å². The molecule has 0 aliphatic carbocycles. The van der Waals surface area contributed by atoms with Crippen LogP contribution in [0.5, 0.6) is 5.75 Å². The number of hydrogen-bond donors (Lipinski definition) is 1. The summed E-state index contributed by atoms with van der Waals surface area (Å²) in [5.41, 5.74) is 1.18. The van der Waals surface area contributed by atoms with Gasteiger partial charge in [-0.3, -0.25) is 4.90 Å². The minimum Gasteiger partial charge on any atom is -0.497 e. The molecule has 0 unspecified atom stereocenters. The van der Waals surface area contributed by atoms with Gasteiger partial charge in [-0.2, -0.15) is 0 Å². The molecule has 2 rings (SSSR count). The number of rotatable bonds is 5. The van der Waals surface area contributed by atoms with Crippen molar-refractivity contribution in [2.45, 2.75) is 64.2 Å². The van der Waals surface area contributed by atoms with Gasteiger partial charge in [-0.1, -0.05) is 32.9 Å². The Balaban J connectivity index is 1.95. The van der Waals surface area contributed by atoms with E-state index in [-0.39, 0.29) is 11.1 Å². The lowest BCUT2D eigenvalue weighted by Gasteiger charge is -2.38. The maximum Gasteiger partial charge on any atom is 0.192 e. The van der Waals surface area contributed by atoms with Crippen molar-refractivity contribution in [3.63, 3.8) is 0 Å². The zero-order valence-electron chi connectivity index (χ0n) is 15.3. The minimum atomic E-state index is -1.79. The summed E-state index contributed by atoms with van der Waals surface area (Å²) in [4.78, 5) is 2.10. The maximum absolute atomic E-state index is 10.4. The lowest BCUT2D eigenvalue weighted by Crippen LogP contribution is -2.44. The molecule has 0 aromatic heterocycles. The van der Waals surface area contributed by atoms with Crippen molar-refractivity contribution in [3.05, 3.63) is 29.8 Å². The Morgan fingerprint density at radius 3 is 2.35 bits per heavy atom. The summed E-state index contributed by atoms with van der Waals surface area (Å²) in [6.45, 7) is 12.8. The fraction of sp³-hybridized carbons (Fsp3) is 0.667. The predicted molar refractivity (Wildman–Crippen MR) is 96.1 cm³/mol. The summed E-state index contributed by atoms with van der Waals surface area (Å²) in [6.07, 6.45) is 0.402. The van der Waals surface area contributed by atoms with Gasteiger partial charge in [0.2, 0.25) is 0 Å². The summed E-state index contributed by atoms with van der Waals surface area (Å²) >= 11 is 0. The van der Waals surface area contributed by atoms with Crippen LogP contribution in [0.1, 0.15) is 32.8 Å². The highest BCUT2D eigenvalue weighted by Crippen LogP contribution is 2.38. The molecule has 1 saturated heterocycles. The van der Waals surface area contributed by atoms with Crippen LogP contribution < -0.4 is 4.74 Å². The Morgan fingerprint density at radius 2 is 1.83 bits per heavy atom. The van der Waals surface area contributed by atoms with Crippen LogP contribution in [0.2, 0.25) is 18.1 Å². The zero-order chi connectivity index (χ0) is 17.3. The highest BCUT2D eigenvalue weighted by Gasteiger charge is 2.42. The van der Waals surface area contributed by atoms with Crippen molar-refractivity contribution in [1.82, 2.24) is 4.90 Å². The molecule has 0 radical (unpaired) electrons. The number of aliphatic hydroxyl groups excluding tert-OH is 1. The van der Waals surface area contributed by atoms with E-state index in [1.54, 1.807) is 7.11 Å². The lowest BCUT2D eigenvalue weighted by molar-refractivity contribution is 0.0326. The van der Waals surface area contributed by atoms with Crippen LogP contribution in [0, 0.1) is 0 Å². The largest absolute Gasteiger partial charge is 0.497 e. The Labute approximate surface area is 141 Å². The van der Waals surface area contributed by atoms with Gasteiger partial charge in [0.05, 0.1) is 13.2 Å². The molecule has 1 aliphatic rings. The van der Waals surface area contributed by atoms with E-state index in [2.05, 4.69) is 38.8 Å². The highest BCUT2D eigenvalue weighted by atomic mass is 28.4. The smallest absolute Gasteiger partial charge is 0.192 e. The summed E-state index contributed by atoms with van der Waals surface area (Å²) in [5.74, 6) is 0.856. The van der Waals surface area contributed by atoms with Crippen molar-refractivity contribution < 1.29 is 14.3 Å². The van der Waals surface area contributed by atoms with Crippen LogP contribution in [0.3, 0.4) is 0 Å². The maximum atomic E-state index is 10.4. The third-order valence-corrected chi connectivity index (χ3v) is 9.68. The molecule has 5 heteroatoms. The van der Waals surface area contributed by atoms with E-state index in [4.69, 9.17) is 9.16 Å². The summed E-state index contributed by atoms with van der Waals surface area (Å²) in [5, 5.41) is 10.6. The van der Waals surface area contributed by atoms with E-state index in [1.807, 2.05) is 24.3 Å². The molecule has 2 atom stereocenters. The normalized spacial score (nSPS) is 23.3. The molecule has 130 valence electrons. The Hall–Kier alpha value is -0.883. The van der Waals surface area contributed by atoms with E-state index in [1.165, 1.54) is 5.56 Å². The van der Waals surface area contributed by atoms with Crippen molar-refractivity contribution >= 4 is 8.32 Å². The Morgan fingerprint density at radius 1 is 1.22 bits per heavy atom. The first kappa shape index (κ1) is 18.5. The fourth-order valence-corrected chi connectivity index (χ4v) is 4.01. The number of methoxy groups -OCH3 is 1. The summed E-state index contributed by atoms with van der Waals surface area (Å²) < 4.78 is 11.6. The van der Waals surface area contributed by atoms with Gasteiger partial charge in [-0.25, -0.2) is 0 Å². The highest BCUT2D eigenvalue weighted by molar-refractivity contribution is 6.74. The van der Waals surface area contributed by atoms with Gasteiger partial charge in [0.25, 0.3) is 0 Å². The van der Waals surface area contributed by atoms with Gasteiger partial charge in [0.15, 0.2) is 8.32 Å². The van der Waals surface area contributed by atoms with E-state index in [0.29, 0.717) is 6.42 Å². The second-order valence-corrected chi connectivity index (χ2v) is 12.8. The fourth-order valence-electron chi connectivity index (χ4n) is 2.66. The number of hydrogen-bond acceptors (Lipinski definition) is 4. The molecule has 0 bridgehead atoms. The SMILES string of the molecule is COc1ccc(CN2C[C@H](O[Si](C)(C)C(C)(C)C)C[C@H]2O)cc1. The topological polar surface area (TPSA) is 41.9 Å². The first-order chi connectivity index (χ1) is 10.6. The van der Waals surface area contributed by atoms with E-state index in [0.717, 1.165) is 18.8 Å². The molecule has 23 heavy (non-hydrogen) atoms. The number of likely N-dealkylation sites (tertiary alicyclic amines) is 1.